The van der Waals surface area contributed by atoms with Gasteiger partial charge in [-0.1, -0.05) is 4.98 Å². The highest BCUT2D eigenvalue weighted by Gasteiger charge is 2.20. The van der Waals surface area contributed by atoms with E-state index in [0.717, 1.165) is 12.8 Å². The zero-order valence-electron chi connectivity index (χ0n) is 16.5. The lowest BCUT2D eigenvalue weighted by Gasteiger charge is -2.14. The number of nitrogens with zero attached hydrogens (tertiary/aromatic N) is 3. The van der Waals surface area contributed by atoms with Gasteiger partial charge >= 0.3 is 17.7 Å². The van der Waals surface area contributed by atoms with E-state index in [4.69, 9.17) is 21.3 Å². The molecule has 164 valence electrons. The van der Waals surface area contributed by atoms with Crippen molar-refractivity contribution in [2.24, 2.45) is 16.5 Å². The summed E-state index contributed by atoms with van der Waals surface area (Å²) in [6.45, 7) is 1.10. The zero-order valence-corrected chi connectivity index (χ0v) is 16.5. The number of ether oxygens (including phenoxy) is 1. The number of alkyl carbamates (subject to hydrolysis) is 1. The molecule has 0 aliphatic rings. The van der Waals surface area contributed by atoms with Crippen LogP contribution in [0.1, 0.15) is 32.1 Å². The fraction of sp³-hybridized carbons (Fsp3) is 0.529. The van der Waals surface area contributed by atoms with Crippen molar-refractivity contribution in [1.82, 2.24) is 20.3 Å². The van der Waals surface area contributed by atoms with E-state index >= 15 is 0 Å². The Hall–Kier alpha value is -3.64. The van der Waals surface area contributed by atoms with E-state index in [1.807, 2.05) is 4.57 Å². The second-order valence-corrected chi connectivity index (χ2v) is 6.58. The maximum atomic E-state index is 11.8. The van der Waals surface area contributed by atoms with Gasteiger partial charge in [0.1, 0.15) is 6.04 Å². The van der Waals surface area contributed by atoms with E-state index < -0.39 is 18.1 Å². The summed E-state index contributed by atoms with van der Waals surface area (Å²) >= 11 is 0. The number of guanidine groups is 1. The van der Waals surface area contributed by atoms with Gasteiger partial charge in [-0.05, 0) is 32.1 Å². The van der Waals surface area contributed by atoms with Crippen molar-refractivity contribution in [3.05, 3.63) is 23.0 Å². The highest BCUT2D eigenvalue weighted by Crippen LogP contribution is 2.02. The van der Waals surface area contributed by atoms with Crippen LogP contribution in [-0.2, 0) is 16.1 Å². The minimum atomic E-state index is -1.15. The van der Waals surface area contributed by atoms with Crippen LogP contribution < -0.4 is 26.9 Å². The molecule has 30 heavy (non-hydrogen) atoms. The molecule has 13 heteroatoms. The first kappa shape index (κ1) is 22.6. The van der Waals surface area contributed by atoms with E-state index in [2.05, 4.69) is 25.3 Å². The summed E-state index contributed by atoms with van der Waals surface area (Å²) in [7, 11) is 0. The molecule has 0 radical (unpaired) electrons. The third-order valence-corrected chi connectivity index (χ3v) is 4.28. The van der Waals surface area contributed by atoms with Gasteiger partial charge in [0.15, 0.2) is 18.6 Å². The van der Waals surface area contributed by atoms with Crippen LogP contribution in [0.15, 0.2) is 22.4 Å². The first-order chi connectivity index (χ1) is 14.4. The number of hydrogen-bond acceptors (Lipinski definition) is 6. The number of carboxylic acid groups (broad SMARTS) is 1. The predicted molar refractivity (Wildman–Crippen MR) is 107 cm³/mol. The number of hydrogen-bond donors (Lipinski definition) is 6. The second-order valence-electron chi connectivity index (χ2n) is 6.58. The Labute approximate surface area is 171 Å². The summed E-state index contributed by atoms with van der Waals surface area (Å²) in [6, 6.07) is -1.07. The predicted octanol–water partition coefficient (Wildman–Crippen LogP) is -1.06. The number of carbonyl (C=O) groups excluding carboxylic acids is 1. The molecule has 2 heterocycles. The van der Waals surface area contributed by atoms with Gasteiger partial charge in [0.05, 0.1) is 13.2 Å². The van der Waals surface area contributed by atoms with Gasteiger partial charge in [0, 0.05) is 6.54 Å². The van der Waals surface area contributed by atoms with Gasteiger partial charge in [-0.2, -0.15) is 0 Å². The standard InChI is InChI=1S/C17H26N8O5/c18-16(19)20-6-4-5-11(15(27)28)24-17(29)30-8-3-1-2-7-25-10-23-12-13(25)21-9-22-14(12)26/h9-11H,1-8H2,(H7,18,19,20,21,22,24,26,27,28,29)/p+1/t11-/m1/s1. The van der Waals surface area contributed by atoms with Crippen molar-refractivity contribution in [3.8, 4) is 0 Å². The fourth-order valence-corrected chi connectivity index (χ4v) is 2.78. The molecule has 0 aromatic carbocycles. The number of nitrogens with one attached hydrogen (secondary N) is 3. The average molecular weight is 423 g/mol. The molecule has 0 fully saturated rings. The molecule has 0 aliphatic carbocycles. The van der Waals surface area contributed by atoms with Crippen molar-refractivity contribution in [3.63, 3.8) is 0 Å². The highest BCUT2D eigenvalue weighted by molar-refractivity contribution is 5.79. The average Bonchev–Trinajstić information content (AvgIpc) is 3.11. The molecule has 1 atom stereocenters. The highest BCUT2D eigenvalue weighted by atomic mass is 16.5. The lowest BCUT2D eigenvalue weighted by atomic mass is 10.1. The van der Waals surface area contributed by atoms with E-state index in [9.17, 15) is 14.4 Å². The number of aliphatic imine (C=N–C) groups is 1. The smallest absolute Gasteiger partial charge is 0.407 e. The normalized spacial score (nSPS) is 11.7. The van der Waals surface area contributed by atoms with E-state index in [0.29, 0.717) is 30.6 Å². The summed E-state index contributed by atoms with van der Waals surface area (Å²) < 4.78 is 6.88. The Morgan fingerprint density at radius 1 is 1.27 bits per heavy atom. The SMILES string of the molecule is NC(N)=NCCC[C@@H](NC(=O)OCCCCC[n+]1c[nH]c2c(=O)[nH]cnc21)C(=O)O. The van der Waals surface area contributed by atoms with Crippen molar-refractivity contribution in [2.75, 3.05) is 13.2 Å². The molecular weight excluding hydrogens is 396 g/mol. The van der Waals surface area contributed by atoms with E-state index in [1.54, 1.807) is 6.33 Å². The summed E-state index contributed by atoms with van der Waals surface area (Å²) in [6.07, 6.45) is 5.03. The van der Waals surface area contributed by atoms with Crippen LogP contribution in [0.25, 0.3) is 11.2 Å². The molecule has 2 aromatic heterocycles. The molecule has 1 amide bonds. The number of carbonyl (C=O) groups is 2. The largest absolute Gasteiger partial charge is 0.480 e. The van der Waals surface area contributed by atoms with E-state index in [1.165, 1.54) is 6.33 Å². The topological polar surface area (TPSA) is 205 Å². The molecule has 0 bridgehead atoms. The van der Waals surface area contributed by atoms with Crippen molar-refractivity contribution in [2.45, 2.75) is 44.7 Å². The van der Waals surface area contributed by atoms with Crippen molar-refractivity contribution < 1.29 is 24.0 Å². The molecule has 13 nitrogen and oxygen atoms in total. The summed E-state index contributed by atoms with van der Waals surface area (Å²) in [5.74, 6) is -1.22. The lowest BCUT2D eigenvalue weighted by molar-refractivity contribution is -0.673. The number of fused-ring (bicyclic) bond motifs is 1. The number of amides is 1. The van der Waals surface area contributed by atoms with Crippen LogP contribution in [0.5, 0.6) is 0 Å². The third-order valence-electron chi connectivity index (χ3n) is 4.28. The van der Waals surface area contributed by atoms with Crippen LogP contribution in [0.3, 0.4) is 0 Å². The minimum Gasteiger partial charge on any atom is -0.480 e. The number of aromatic amines is 2. The summed E-state index contributed by atoms with van der Waals surface area (Å²) in [5.41, 5.74) is 11.2. The molecule has 0 unspecified atom stereocenters. The van der Waals surface area contributed by atoms with Crippen molar-refractivity contribution in [1.29, 1.82) is 0 Å². The third kappa shape index (κ3) is 7.07. The lowest BCUT2D eigenvalue weighted by Crippen LogP contribution is -2.41. The van der Waals surface area contributed by atoms with Gasteiger partial charge in [0.25, 0.3) is 5.56 Å². The van der Waals surface area contributed by atoms with Crippen LogP contribution in [-0.4, -0.2) is 57.3 Å². The molecule has 0 saturated carbocycles. The zero-order chi connectivity index (χ0) is 21.9. The summed E-state index contributed by atoms with van der Waals surface area (Å²) in [4.78, 5) is 47.9. The van der Waals surface area contributed by atoms with Crippen LogP contribution in [0, 0.1) is 0 Å². The Balaban J connectivity index is 1.63. The maximum absolute atomic E-state index is 11.8. The van der Waals surface area contributed by atoms with Gasteiger partial charge in [0.2, 0.25) is 5.52 Å². The number of imidazole rings is 1. The number of aryl methyl sites for hydroxylation is 1. The first-order valence-corrected chi connectivity index (χ1v) is 9.54. The molecule has 0 saturated heterocycles. The maximum Gasteiger partial charge on any atom is 0.407 e. The number of H-pyrrole nitrogens is 2. The van der Waals surface area contributed by atoms with E-state index in [-0.39, 0.29) is 31.1 Å². The molecule has 2 rings (SSSR count). The Kier molecular flexibility index (Phi) is 8.59. The van der Waals surface area contributed by atoms with Gasteiger partial charge in [-0.15, -0.1) is 0 Å². The molecule has 8 N–H and O–H groups in total. The van der Waals surface area contributed by atoms with Crippen LogP contribution in [0.4, 0.5) is 4.79 Å². The number of nitrogens with two attached hydrogens (primary N) is 2. The molecular formula is C17H27N8O5+. The summed E-state index contributed by atoms with van der Waals surface area (Å²) in [5, 5.41) is 11.5. The first-order valence-electron chi connectivity index (χ1n) is 9.54. The number of unbranched alkanes of at least 4 members (excludes halogenated alkanes) is 2. The number of carboxylic acids is 1. The van der Waals surface area contributed by atoms with Crippen molar-refractivity contribution >= 4 is 29.2 Å². The Bertz CT molecular complexity index is 934. The second kappa shape index (κ2) is 11.4. The number of rotatable bonds is 12. The monoisotopic (exact) mass is 423 g/mol. The van der Waals surface area contributed by atoms with Gasteiger partial charge in [-0.3, -0.25) is 19.8 Å². The Morgan fingerprint density at radius 2 is 2.07 bits per heavy atom. The fourth-order valence-electron chi connectivity index (χ4n) is 2.78. The van der Waals surface area contributed by atoms with Crippen LogP contribution >= 0.6 is 0 Å². The molecule has 2 aromatic rings. The Morgan fingerprint density at radius 3 is 2.80 bits per heavy atom. The number of aromatic nitrogens is 4. The number of aliphatic carboxylic acids is 1. The molecule has 0 aliphatic heterocycles. The quantitative estimate of drug-likeness (QED) is 0.107. The molecule has 0 spiro atoms. The van der Waals surface area contributed by atoms with Gasteiger partial charge < -0.3 is 26.6 Å². The van der Waals surface area contributed by atoms with Crippen LogP contribution in [0.2, 0.25) is 0 Å². The minimum absolute atomic E-state index is 0.0674. The van der Waals surface area contributed by atoms with Gasteiger partial charge in [-0.25, -0.2) is 14.2 Å².